The van der Waals surface area contributed by atoms with Crippen molar-refractivity contribution < 1.29 is 22.8 Å². The monoisotopic (exact) mass is 361 g/mol. The average molecular weight is 361 g/mol. The summed E-state index contributed by atoms with van der Waals surface area (Å²) < 4.78 is 42.2. The van der Waals surface area contributed by atoms with Gasteiger partial charge in [0.2, 0.25) is 0 Å². The van der Waals surface area contributed by atoms with E-state index in [1.807, 2.05) is 0 Å². The molecule has 0 aromatic heterocycles. The van der Waals surface area contributed by atoms with Crippen LogP contribution >= 0.6 is 0 Å². The molecule has 0 fully saturated rings. The molecule has 0 saturated heterocycles. The van der Waals surface area contributed by atoms with E-state index in [4.69, 9.17) is 0 Å². The van der Waals surface area contributed by atoms with Gasteiger partial charge in [0.15, 0.2) is 0 Å². The highest BCUT2D eigenvalue weighted by atomic mass is 19.1. The minimum atomic E-state index is -1.36. The van der Waals surface area contributed by atoms with Crippen molar-refractivity contribution in [2.45, 2.75) is 13.0 Å². The maximum atomic E-state index is 14.2. The summed E-state index contributed by atoms with van der Waals surface area (Å²) in [5, 5.41) is 7.07. The number of allylic oxidation sites excluding steroid dienone is 1. The Hall–Kier alpha value is -3.29. The number of benzene rings is 2. The number of para-hydroxylation sites is 1. The van der Waals surface area contributed by atoms with Gasteiger partial charge in [-0.3, -0.25) is 4.79 Å². The minimum Gasteiger partial charge on any atom is -0.326 e. The molecule has 26 heavy (non-hydrogen) atoms. The number of halogens is 3. The number of amides is 3. The van der Waals surface area contributed by atoms with Gasteiger partial charge in [-0.05, 0) is 31.2 Å². The summed E-state index contributed by atoms with van der Waals surface area (Å²) in [5.74, 6) is -3.30. The first-order valence-electron chi connectivity index (χ1n) is 7.66. The molecular formula is C18H14F3N3O2. The Kier molecular flexibility index (Phi) is 4.66. The van der Waals surface area contributed by atoms with Crippen LogP contribution in [0.25, 0.3) is 0 Å². The SMILES string of the molecule is CC1=C(C(=O)Nc2ccccc2F)C(c2c(F)cccc2F)NC(=O)N1. The van der Waals surface area contributed by atoms with E-state index < -0.39 is 41.0 Å². The van der Waals surface area contributed by atoms with Gasteiger partial charge in [0.1, 0.15) is 17.5 Å². The van der Waals surface area contributed by atoms with Gasteiger partial charge in [0, 0.05) is 5.70 Å². The van der Waals surface area contributed by atoms with Crippen LogP contribution in [-0.4, -0.2) is 11.9 Å². The summed E-state index contributed by atoms with van der Waals surface area (Å²) in [6, 6.07) is 6.62. The molecule has 0 saturated carbocycles. The number of rotatable bonds is 3. The Bertz CT molecular complexity index is 907. The van der Waals surface area contributed by atoms with Crippen LogP contribution in [0.2, 0.25) is 0 Å². The van der Waals surface area contributed by atoms with Gasteiger partial charge < -0.3 is 16.0 Å². The predicted octanol–water partition coefficient (Wildman–Crippen LogP) is 3.37. The molecule has 3 N–H and O–H groups in total. The van der Waals surface area contributed by atoms with Crippen molar-refractivity contribution in [3.05, 3.63) is 76.7 Å². The lowest BCUT2D eigenvalue weighted by Gasteiger charge is -2.29. The van der Waals surface area contributed by atoms with Crippen molar-refractivity contribution in [3.8, 4) is 0 Å². The van der Waals surface area contributed by atoms with Crippen molar-refractivity contribution in [1.29, 1.82) is 0 Å². The molecule has 3 rings (SSSR count). The molecule has 0 bridgehead atoms. The molecule has 134 valence electrons. The van der Waals surface area contributed by atoms with E-state index in [1.165, 1.54) is 31.2 Å². The maximum Gasteiger partial charge on any atom is 0.319 e. The highest BCUT2D eigenvalue weighted by Gasteiger charge is 2.34. The number of anilines is 1. The molecule has 1 heterocycles. The quantitative estimate of drug-likeness (QED) is 0.785. The first kappa shape index (κ1) is 17.5. The van der Waals surface area contributed by atoms with E-state index in [0.717, 1.165) is 18.2 Å². The minimum absolute atomic E-state index is 0.0949. The Morgan fingerprint density at radius 3 is 2.27 bits per heavy atom. The topological polar surface area (TPSA) is 70.2 Å². The number of urea groups is 1. The molecule has 0 radical (unpaired) electrons. The molecule has 8 heteroatoms. The third-order valence-electron chi connectivity index (χ3n) is 3.92. The second-order valence-electron chi connectivity index (χ2n) is 5.64. The van der Waals surface area contributed by atoms with Crippen molar-refractivity contribution in [2.75, 3.05) is 5.32 Å². The molecule has 1 atom stereocenters. The molecule has 0 aliphatic carbocycles. The second kappa shape index (κ2) is 6.91. The van der Waals surface area contributed by atoms with Crippen LogP contribution in [0.4, 0.5) is 23.7 Å². The van der Waals surface area contributed by atoms with E-state index in [2.05, 4.69) is 16.0 Å². The van der Waals surface area contributed by atoms with Crippen molar-refractivity contribution in [2.24, 2.45) is 0 Å². The maximum absolute atomic E-state index is 14.2. The number of nitrogens with one attached hydrogen (secondary N) is 3. The van der Waals surface area contributed by atoms with E-state index in [-0.39, 0.29) is 17.0 Å². The van der Waals surface area contributed by atoms with Crippen LogP contribution in [0.1, 0.15) is 18.5 Å². The predicted molar refractivity (Wildman–Crippen MR) is 88.5 cm³/mol. The lowest BCUT2D eigenvalue weighted by atomic mass is 9.94. The fourth-order valence-corrected chi connectivity index (χ4v) is 2.75. The Morgan fingerprint density at radius 1 is 1.00 bits per heavy atom. The molecule has 1 aliphatic rings. The second-order valence-corrected chi connectivity index (χ2v) is 5.64. The van der Waals surface area contributed by atoms with Crippen LogP contribution in [0, 0.1) is 17.5 Å². The molecule has 3 amide bonds. The van der Waals surface area contributed by atoms with Gasteiger partial charge in [-0.15, -0.1) is 0 Å². The third-order valence-corrected chi connectivity index (χ3v) is 3.92. The Labute approximate surface area is 146 Å². The van der Waals surface area contributed by atoms with E-state index >= 15 is 0 Å². The average Bonchev–Trinajstić information content (AvgIpc) is 2.56. The van der Waals surface area contributed by atoms with Crippen LogP contribution in [0.15, 0.2) is 53.7 Å². The van der Waals surface area contributed by atoms with Crippen LogP contribution in [-0.2, 0) is 4.79 Å². The molecular weight excluding hydrogens is 347 g/mol. The summed E-state index contributed by atoms with van der Waals surface area (Å²) in [7, 11) is 0. The number of hydrogen-bond donors (Lipinski definition) is 3. The zero-order valence-corrected chi connectivity index (χ0v) is 13.6. The zero-order chi connectivity index (χ0) is 18.8. The zero-order valence-electron chi connectivity index (χ0n) is 13.6. The van der Waals surface area contributed by atoms with E-state index in [0.29, 0.717) is 0 Å². The van der Waals surface area contributed by atoms with E-state index in [9.17, 15) is 22.8 Å². The standard InChI is InChI=1S/C18H14F3N3O2/c1-9-14(17(25)23-13-8-3-2-5-10(13)19)16(24-18(26)22-9)15-11(20)6-4-7-12(15)21/h2-8,16H,1H3,(H,23,25)(H2,22,24,26). The molecule has 2 aromatic rings. The van der Waals surface area contributed by atoms with Crippen molar-refractivity contribution >= 4 is 17.6 Å². The number of carbonyl (C=O) groups is 2. The highest BCUT2D eigenvalue weighted by Crippen LogP contribution is 2.31. The van der Waals surface area contributed by atoms with Crippen LogP contribution < -0.4 is 16.0 Å². The molecule has 1 unspecified atom stereocenters. The van der Waals surface area contributed by atoms with Crippen molar-refractivity contribution in [3.63, 3.8) is 0 Å². The summed E-state index contributed by atoms with van der Waals surface area (Å²) in [6.07, 6.45) is 0. The summed E-state index contributed by atoms with van der Waals surface area (Å²) in [5.41, 5.74) is -0.588. The Balaban J connectivity index is 2.04. The third kappa shape index (κ3) is 3.26. The molecule has 1 aliphatic heterocycles. The van der Waals surface area contributed by atoms with Gasteiger partial charge in [-0.1, -0.05) is 18.2 Å². The fourth-order valence-electron chi connectivity index (χ4n) is 2.75. The van der Waals surface area contributed by atoms with Crippen LogP contribution in [0.5, 0.6) is 0 Å². The van der Waals surface area contributed by atoms with Crippen molar-refractivity contribution in [1.82, 2.24) is 10.6 Å². The number of hydrogen-bond acceptors (Lipinski definition) is 2. The number of carbonyl (C=O) groups excluding carboxylic acids is 2. The Morgan fingerprint density at radius 2 is 1.62 bits per heavy atom. The summed E-state index contributed by atoms with van der Waals surface area (Å²) >= 11 is 0. The molecule has 5 nitrogen and oxygen atoms in total. The normalized spacial score (nSPS) is 16.8. The van der Waals surface area contributed by atoms with Gasteiger partial charge in [0.05, 0.1) is 22.9 Å². The van der Waals surface area contributed by atoms with Crippen LogP contribution in [0.3, 0.4) is 0 Å². The van der Waals surface area contributed by atoms with Gasteiger partial charge in [0.25, 0.3) is 5.91 Å². The van der Waals surface area contributed by atoms with Gasteiger partial charge in [-0.25, -0.2) is 18.0 Å². The lowest BCUT2D eigenvalue weighted by molar-refractivity contribution is -0.113. The lowest BCUT2D eigenvalue weighted by Crippen LogP contribution is -2.46. The summed E-state index contributed by atoms with van der Waals surface area (Å²) in [4.78, 5) is 24.4. The first-order chi connectivity index (χ1) is 12.4. The largest absolute Gasteiger partial charge is 0.326 e. The van der Waals surface area contributed by atoms with Gasteiger partial charge >= 0.3 is 6.03 Å². The smallest absolute Gasteiger partial charge is 0.319 e. The molecule has 2 aromatic carbocycles. The van der Waals surface area contributed by atoms with E-state index in [1.54, 1.807) is 0 Å². The highest BCUT2D eigenvalue weighted by molar-refractivity contribution is 6.06. The van der Waals surface area contributed by atoms with Gasteiger partial charge in [-0.2, -0.15) is 0 Å². The first-order valence-corrected chi connectivity index (χ1v) is 7.66. The molecule has 0 spiro atoms. The summed E-state index contributed by atoms with van der Waals surface area (Å²) in [6.45, 7) is 1.42. The fraction of sp³-hybridized carbons (Fsp3) is 0.111.